The van der Waals surface area contributed by atoms with Gasteiger partial charge in [-0.2, -0.15) is 4.98 Å². The van der Waals surface area contributed by atoms with E-state index in [0.717, 1.165) is 12.6 Å². The number of likely N-dealkylation sites (tertiary alicyclic amines) is 1. The number of nitrogens with zero attached hydrogens (tertiary/aromatic N) is 5. The van der Waals surface area contributed by atoms with Gasteiger partial charge < -0.3 is 9.42 Å². The monoisotopic (exact) mass is 365 g/mol. The van der Waals surface area contributed by atoms with Crippen LogP contribution in [0.2, 0.25) is 0 Å². The van der Waals surface area contributed by atoms with Gasteiger partial charge in [-0.15, -0.1) is 0 Å². The topological polar surface area (TPSA) is 75.4 Å². The fourth-order valence-corrected chi connectivity index (χ4v) is 2.93. The normalized spacial score (nSPS) is 17.5. The van der Waals surface area contributed by atoms with Crippen LogP contribution < -0.4 is 0 Å². The molecule has 1 aliphatic rings. The summed E-state index contributed by atoms with van der Waals surface area (Å²) in [6.07, 6.45) is 1.58. The first-order valence-corrected chi connectivity index (χ1v) is 8.48. The van der Waals surface area contributed by atoms with Crippen LogP contribution in [0.5, 0.6) is 0 Å². The predicted octanol–water partition coefficient (Wildman–Crippen LogP) is 2.21. The Morgan fingerprint density at radius 1 is 1.46 bits per heavy atom. The Hall–Kier alpha value is -2.42. The number of pyridine rings is 1. The second kappa shape index (κ2) is 7.45. The Kier molecular flexibility index (Phi) is 5.26. The molecule has 1 amide bonds. The summed E-state index contributed by atoms with van der Waals surface area (Å²) in [4.78, 5) is 23.9. The van der Waals surface area contributed by atoms with E-state index in [1.807, 2.05) is 25.8 Å². The Balaban J connectivity index is 1.61. The minimum atomic E-state index is -0.945. The Labute approximate surface area is 150 Å². The highest BCUT2D eigenvalue weighted by Gasteiger charge is 2.31. The predicted molar refractivity (Wildman–Crippen MR) is 88.3 cm³/mol. The van der Waals surface area contributed by atoms with Crippen molar-refractivity contribution >= 4 is 5.91 Å². The smallest absolute Gasteiger partial charge is 0.275 e. The molecule has 1 atom stereocenters. The van der Waals surface area contributed by atoms with Crippen LogP contribution >= 0.6 is 0 Å². The molecule has 3 rings (SSSR count). The van der Waals surface area contributed by atoms with Crippen LogP contribution in [0.1, 0.15) is 48.4 Å². The molecule has 7 nitrogen and oxygen atoms in total. The zero-order valence-corrected chi connectivity index (χ0v) is 14.9. The molecule has 1 fully saturated rings. The first-order chi connectivity index (χ1) is 12.3. The zero-order valence-electron chi connectivity index (χ0n) is 14.9. The van der Waals surface area contributed by atoms with E-state index in [0.29, 0.717) is 37.4 Å². The van der Waals surface area contributed by atoms with Crippen molar-refractivity contribution in [3.05, 3.63) is 41.3 Å². The lowest BCUT2D eigenvalue weighted by molar-refractivity contribution is 0.0768. The van der Waals surface area contributed by atoms with Crippen LogP contribution in [-0.2, 0) is 6.54 Å². The number of hydrogen-bond donors (Lipinski definition) is 0. The van der Waals surface area contributed by atoms with E-state index in [9.17, 15) is 13.6 Å². The first kappa shape index (κ1) is 18.4. The lowest BCUT2D eigenvalue weighted by Gasteiger charge is -2.23. The van der Waals surface area contributed by atoms with Crippen molar-refractivity contribution in [2.24, 2.45) is 0 Å². The molecule has 2 aromatic rings. The second-order valence-electron chi connectivity index (χ2n) is 6.80. The number of aromatic nitrogens is 3. The van der Waals surface area contributed by atoms with E-state index in [1.54, 1.807) is 0 Å². The van der Waals surface area contributed by atoms with E-state index >= 15 is 0 Å². The molecule has 0 aliphatic carbocycles. The van der Waals surface area contributed by atoms with Gasteiger partial charge in [0.25, 0.3) is 5.91 Å². The summed E-state index contributed by atoms with van der Waals surface area (Å²) < 4.78 is 31.9. The quantitative estimate of drug-likeness (QED) is 0.809. The molecule has 0 spiro atoms. The molecule has 1 saturated heterocycles. The average Bonchev–Trinajstić information content (AvgIpc) is 3.23. The summed E-state index contributed by atoms with van der Waals surface area (Å²) in [6, 6.07) is 0.756. The molecule has 9 heteroatoms. The van der Waals surface area contributed by atoms with E-state index in [1.165, 1.54) is 4.90 Å². The van der Waals surface area contributed by atoms with Crippen molar-refractivity contribution in [3.63, 3.8) is 0 Å². The van der Waals surface area contributed by atoms with Crippen LogP contribution in [0.25, 0.3) is 0 Å². The molecular weight excluding hydrogens is 344 g/mol. The first-order valence-electron chi connectivity index (χ1n) is 8.48. The lowest BCUT2D eigenvalue weighted by Crippen LogP contribution is -2.37. The SMILES string of the molecule is CC(C)c1nc(CN(C)C2CCN(C(=O)c3ncc(F)cc3F)C2)no1. The molecule has 0 bridgehead atoms. The molecule has 1 unspecified atom stereocenters. The average molecular weight is 365 g/mol. The van der Waals surface area contributed by atoms with Gasteiger partial charge in [0.05, 0.1) is 12.7 Å². The standard InChI is InChI=1S/C17H21F2N5O2/c1-10(2)16-21-14(22-26-16)9-23(3)12-4-5-24(8-12)17(25)15-13(19)6-11(18)7-20-15/h6-7,10,12H,4-5,8-9H2,1-3H3. The fourth-order valence-electron chi connectivity index (χ4n) is 2.93. The third-order valence-corrected chi connectivity index (χ3v) is 4.45. The van der Waals surface area contributed by atoms with Crippen molar-refractivity contribution in [1.29, 1.82) is 0 Å². The molecule has 0 N–H and O–H groups in total. The van der Waals surface area contributed by atoms with Gasteiger partial charge in [-0.1, -0.05) is 19.0 Å². The van der Waals surface area contributed by atoms with Crippen molar-refractivity contribution in [2.45, 2.75) is 38.8 Å². The van der Waals surface area contributed by atoms with Gasteiger partial charge in [-0.05, 0) is 13.5 Å². The number of carbonyl (C=O) groups is 1. The van der Waals surface area contributed by atoms with Gasteiger partial charge in [-0.25, -0.2) is 13.8 Å². The van der Waals surface area contributed by atoms with Crippen molar-refractivity contribution in [1.82, 2.24) is 24.9 Å². The van der Waals surface area contributed by atoms with E-state index < -0.39 is 17.5 Å². The summed E-state index contributed by atoms with van der Waals surface area (Å²) in [6.45, 7) is 5.36. The maximum atomic E-state index is 13.8. The summed E-state index contributed by atoms with van der Waals surface area (Å²) in [5.74, 6) is -0.931. The molecule has 140 valence electrons. The van der Waals surface area contributed by atoms with E-state index in [2.05, 4.69) is 15.1 Å². The highest BCUT2D eigenvalue weighted by atomic mass is 19.1. The Bertz CT molecular complexity index is 795. The lowest BCUT2D eigenvalue weighted by atomic mass is 10.2. The summed E-state index contributed by atoms with van der Waals surface area (Å²) in [7, 11) is 1.92. The van der Waals surface area contributed by atoms with Gasteiger partial charge in [0.2, 0.25) is 5.89 Å². The molecular formula is C17H21F2N5O2. The number of hydrogen-bond acceptors (Lipinski definition) is 6. The van der Waals surface area contributed by atoms with Gasteiger partial charge in [-0.3, -0.25) is 9.69 Å². The Morgan fingerprint density at radius 3 is 2.88 bits per heavy atom. The minimum absolute atomic E-state index is 0.0865. The molecule has 1 aliphatic heterocycles. The van der Waals surface area contributed by atoms with Crippen molar-refractivity contribution in [2.75, 3.05) is 20.1 Å². The van der Waals surface area contributed by atoms with Gasteiger partial charge in [0.15, 0.2) is 17.3 Å². The van der Waals surface area contributed by atoms with Gasteiger partial charge >= 0.3 is 0 Å². The summed E-state index contributed by atoms with van der Waals surface area (Å²) >= 11 is 0. The molecule has 3 heterocycles. The second-order valence-corrected chi connectivity index (χ2v) is 6.80. The largest absolute Gasteiger partial charge is 0.339 e. The third-order valence-electron chi connectivity index (χ3n) is 4.45. The number of amides is 1. The van der Waals surface area contributed by atoms with E-state index in [-0.39, 0.29) is 17.7 Å². The fraction of sp³-hybridized carbons (Fsp3) is 0.529. The third kappa shape index (κ3) is 3.87. The van der Waals surface area contributed by atoms with Crippen LogP contribution in [0.3, 0.4) is 0 Å². The maximum absolute atomic E-state index is 13.8. The number of carbonyl (C=O) groups excluding carboxylic acids is 1. The van der Waals surface area contributed by atoms with Crippen LogP contribution in [0.15, 0.2) is 16.8 Å². The molecule has 0 aromatic carbocycles. The van der Waals surface area contributed by atoms with Crippen LogP contribution in [0, 0.1) is 11.6 Å². The van der Waals surface area contributed by atoms with Crippen LogP contribution in [-0.4, -0.2) is 57.0 Å². The minimum Gasteiger partial charge on any atom is -0.339 e. The summed E-state index contributed by atoms with van der Waals surface area (Å²) in [5.41, 5.74) is -0.352. The van der Waals surface area contributed by atoms with E-state index in [4.69, 9.17) is 4.52 Å². The van der Waals surface area contributed by atoms with Crippen molar-refractivity contribution in [3.8, 4) is 0 Å². The highest BCUT2D eigenvalue weighted by molar-refractivity contribution is 5.92. The van der Waals surface area contributed by atoms with Gasteiger partial charge in [0.1, 0.15) is 5.82 Å². The maximum Gasteiger partial charge on any atom is 0.275 e. The van der Waals surface area contributed by atoms with Crippen molar-refractivity contribution < 1.29 is 18.1 Å². The highest BCUT2D eigenvalue weighted by Crippen LogP contribution is 2.20. The number of rotatable bonds is 5. The Morgan fingerprint density at radius 2 is 2.23 bits per heavy atom. The molecule has 0 saturated carbocycles. The summed E-state index contributed by atoms with van der Waals surface area (Å²) in [5, 5.41) is 3.97. The van der Waals surface area contributed by atoms with Crippen LogP contribution in [0.4, 0.5) is 8.78 Å². The molecule has 0 radical (unpaired) electrons. The number of likely N-dealkylation sites (N-methyl/N-ethyl adjacent to an activating group) is 1. The van der Waals surface area contributed by atoms with Gasteiger partial charge in [0, 0.05) is 31.1 Å². The zero-order chi connectivity index (χ0) is 18.8. The molecule has 2 aromatic heterocycles. The molecule has 26 heavy (non-hydrogen) atoms. The number of halogens is 2.